The molecule has 0 aliphatic carbocycles. The van der Waals surface area contributed by atoms with E-state index in [1.165, 1.54) is 0 Å². The van der Waals surface area contributed by atoms with Gasteiger partial charge in [0.25, 0.3) is 0 Å². The van der Waals surface area contributed by atoms with Gasteiger partial charge in [-0.3, -0.25) is 4.79 Å². The third-order valence-corrected chi connectivity index (χ3v) is 1.64. The van der Waals surface area contributed by atoms with Crippen LogP contribution in [0.2, 0.25) is 0 Å². The van der Waals surface area contributed by atoms with Gasteiger partial charge in [-0.25, -0.2) is 0 Å². The summed E-state index contributed by atoms with van der Waals surface area (Å²) in [6.07, 6.45) is 1.59. The molecule has 0 aliphatic heterocycles. The molecule has 0 atom stereocenters. The van der Waals surface area contributed by atoms with Crippen LogP contribution in [0.5, 0.6) is 0 Å². The van der Waals surface area contributed by atoms with Crippen molar-refractivity contribution >= 4 is 17.7 Å². The van der Waals surface area contributed by atoms with Crippen LogP contribution < -0.4 is 0 Å². The largest absolute Gasteiger partial charge is 0.287 e. The van der Waals surface area contributed by atoms with Gasteiger partial charge in [0.1, 0.15) is 0 Å². The molecule has 2 heteroatoms. The summed E-state index contributed by atoms with van der Waals surface area (Å²) in [6, 6.07) is 0. The highest BCUT2D eigenvalue weighted by molar-refractivity contribution is 7.96. The molecular weight excluding hydrogens is 120 g/mol. The van der Waals surface area contributed by atoms with Gasteiger partial charge < -0.3 is 0 Å². The van der Waals surface area contributed by atoms with Gasteiger partial charge in [-0.05, 0) is 13.8 Å². The number of carbonyl (C=O) groups is 1. The Morgan fingerprint density at radius 3 is 2.12 bits per heavy atom. The molecule has 0 aromatic heterocycles. The second-order valence-electron chi connectivity index (χ2n) is 2.23. The Morgan fingerprint density at radius 2 is 2.12 bits per heavy atom. The molecule has 0 saturated heterocycles. The molecule has 0 aliphatic rings. The van der Waals surface area contributed by atoms with Crippen molar-refractivity contribution in [2.75, 3.05) is 0 Å². The summed E-state index contributed by atoms with van der Waals surface area (Å²) in [6.45, 7) is 7.03. The first kappa shape index (κ1) is 7.76. The van der Waals surface area contributed by atoms with E-state index in [9.17, 15) is 4.79 Å². The first-order valence-corrected chi connectivity index (χ1v) is 2.82. The molecule has 0 rings (SSSR count). The number of rotatable bonds is 2. The van der Waals surface area contributed by atoms with Crippen molar-refractivity contribution in [2.24, 2.45) is 5.41 Å². The molecule has 0 bridgehead atoms. The number of hydrogen-bond donors (Lipinski definition) is 1. The minimum Gasteiger partial charge on any atom is -0.287 e. The van der Waals surface area contributed by atoms with Gasteiger partial charge in [-0.2, -0.15) is 0 Å². The molecule has 0 aromatic rings. The SMILES string of the molecule is C=CC(C)(C)C(=O)S. The van der Waals surface area contributed by atoms with Crippen molar-refractivity contribution in [2.45, 2.75) is 13.8 Å². The molecule has 8 heavy (non-hydrogen) atoms. The van der Waals surface area contributed by atoms with Gasteiger partial charge in [0.2, 0.25) is 0 Å². The molecule has 0 radical (unpaired) electrons. The Morgan fingerprint density at radius 1 is 1.75 bits per heavy atom. The van der Waals surface area contributed by atoms with E-state index in [4.69, 9.17) is 0 Å². The summed E-state index contributed by atoms with van der Waals surface area (Å²) in [4.78, 5) is 10.5. The van der Waals surface area contributed by atoms with Crippen molar-refractivity contribution in [3.8, 4) is 0 Å². The monoisotopic (exact) mass is 130 g/mol. The number of hydrogen-bond acceptors (Lipinski definition) is 1. The van der Waals surface area contributed by atoms with E-state index in [1.807, 2.05) is 0 Å². The maximum atomic E-state index is 10.5. The number of thiol groups is 1. The highest BCUT2D eigenvalue weighted by Gasteiger charge is 2.18. The minimum absolute atomic E-state index is 0.146. The number of carbonyl (C=O) groups excluding carboxylic acids is 1. The van der Waals surface area contributed by atoms with Crippen molar-refractivity contribution < 1.29 is 4.79 Å². The van der Waals surface area contributed by atoms with Crippen LogP contribution >= 0.6 is 12.6 Å². The van der Waals surface area contributed by atoms with E-state index in [0.29, 0.717) is 0 Å². The van der Waals surface area contributed by atoms with E-state index in [0.717, 1.165) is 0 Å². The molecule has 0 amide bonds. The van der Waals surface area contributed by atoms with Crippen LogP contribution in [0.15, 0.2) is 12.7 Å². The maximum Gasteiger partial charge on any atom is 0.195 e. The fraction of sp³-hybridized carbons (Fsp3) is 0.500. The smallest absolute Gasteiger partial charge is 0.195 e. The molecule has 46 valence electrons. The zero-order valence-corrected chi connectivity index (χ0v) is 6.03. The lowest BCUT2D eigenvalue weighted by Crippen LogP contribution is -2.15. The van der Waals surface area contributed by atoms with Gasteiger partial charge in [-0.1, -0.05) is 6.08 Å². The van der Waals surface area contributed by atoms with Crippen LogP contribution in [0.4, 0.5) is 0 Å². The van der Waals surface area contributed by atoms with E-state index in [2.05, 4.69) is 19.2 Å². The Kier molecular flexibility index (Phi) is 2.28. The normalized spacial score (nSPS) is 10.9. The van der Waals surface area contributed by atoms with Crippen LogP contribution in [-0.2, 0) is 4.79 Å². The van der Waals surface area contributed by atoms with Crippen molar-refractivity contribution in [3.63, 3.8) is 0 Å². The summed E-state index contributed by atoms with van der Waals surface area (Å²) in [7, 11) is 0. The van der Waals surface area contributed by atoms with E-state index in [1.54, 1.807) is 19.9 Å². The number of allylic oxidation sites excluding steroid dienone is 1. The molecule has 0 fully saturated rings. The first-order valence-electron chi connectivity index (χ1n) is 2.37. The predicted molar refractivity (Wildman–Crippen MR) is 38.0 cm³/mol. The Bertz CT molecular complexity index is 116. The fourth-order valence-corrected chi connectivity index (χ4v) is 0.179. The lowest BCUT2D eigenvalue weighted by atomic mass is 9.96. The maximum absolute atomic E-state index is 10.5. The lowest BCUT2D eigenvalue weighted by Gasteiger charge is -2.12. The van der Waals surface area contributed by atoms with Gasteiger partial charge in [0.05, 0.1) is 5.41 Å². The summed E-state index contributed by atoms with van der Waals surface area (Å²) in [5.74, 6) is 0. The van der Waals surface area contributed by atoms with Crippen LogP contribution in [-0.4, -0.2) is 5.12 Å². The quantitative estimate of drug-likeness (QED) is 0.444. The Labute approximate surface area is 55.2 Å². The average molecular weight is 130 g/mol. The third kappa shape index (κ3) is 1.70. The molecule has 0 saturated carbocycles. The fourth-order valence-electron chi connectivity index (χ4n) is 0.0873. The molecule has 0 N–H and O–H groups in total. The Hall–Kier alpha value is -0.240. The first-order chi connectivity index (χ1) is 3.50. The van der Waals surface area contributed by atoms with Gasteiger partial charge in [-0.15, -0.1) is 19.2 Å². The molecule has 1 nitrogen and oxygen atoms in total. The second kappa shape index (κ2) is 2.35. The zero-order chi connectivity index (χ0) is 6.78. The molecule has 0 unspecified atom stereocenters. The molecule has 0 spiro atoms. The van der Waals surface area contributed by atoms with Crippen molar-refractivity contribution in [1.29, 1.82) is 0 Å². The average Bonchev–Trinajstić information content (AvgIpc) is 1.67. The Balaban J connectivity index is 4.12. The summed E-state index contributed by atoms with van der Waals surface area (Å²) in [5.41, 5.74) is -0.469. The van der Waals surface area contributed by atoms with Crippen LogP contribution in [0.3, 0.4) is 0 Å². The lowest BCUT2D eigenvalue weighted by molar-refractivity contribution is -0.116. The predicted octanol–water partition coefficient (Wildman–Crippen LogP) is 1.66. The topological polar surface area (TPSA) is 17.1 Å². The van der Waals surface area contributed by atoms with E-state index >= 15 is 0 Å². The van der Waals surface area contributed by atoms with Gasteiger partial charge in [0, 0.05) is 0 Å². The minimum atomic E-state index is -0.469. The third-order valence-electron chi connectivity index (χ3n) is 1.06. The molecule has 0 aromatic carbocycles. The van der Waals surface area contributed by atoms with Gasteiger partial charge >= 0.3 is 0 Å². The highest BCUT2D eigenvalue weighted by atomic mass is 32.1. The second-order valence-corrected chi connectivity index (χ2v) is 2.64. The molecule has 0 heterocycles. The zero-order valence-electron chi connectivity index (χ0n) is 5.14. The molecular formula is C6H10OS. The summed E-state index contributed by atoms with van der Waals surface area (Å²) >= 11 is 3.65. The van der Waals surface area contributed by atoms with Crippen LogP contribution in [0.25, 0.3) is 0 Å². The van der Waals surface area contributed by atoms with Crippen LogP contribution in [0, 0.1) is 5.41 Å². The summed E-state index contributed by atoms with van der Waals surface area (Å²) < 4.78 is 0. The van der Waals surface area contributed by atoms with Crippen molar-refractivity contribution in [3.05, 3.63) is 12.7 Å². The van der Waals surface area contributed by atoms with E-state index < -0.39 is 5.41 Å². The standard InChI is InChI=1S/C6H10OS/c1-4-6(2,3)5(7)8/h4H,1H2,2-3H3,(H,7,8). The highest BCUT2D eigenvalue weighted by Crippen LogP contribution is 2.18. The van der Waals surface area contributed by atoms with Gasteiger partial charge in [0.15, 0.2) is 5.12 Å². The van der Waals surface area contributed by atoms with E-state index in [-0.39, 0.29) is 5.12 Å². The summed E-state index contributed by atoms with van der Waals surface area (Å²) in [5, 5.41) is -0.146. The van der Waals surface area contributed by atoms with Crippen molar-refractivity contribution in [1.82, 2.24) is 0 Å². The van der Waals surface area contributed by atoms with Crippen LogP contribution in [0.1, 0.15) is 13.8 Å².